The fourth-order valence-electron chi connectivity index (χ4n) is 1.46. The largest absolute Gasteiger partial charge is 0.389 e. The number of hydrogen-bond donors (Lipinski definition) is 2. The second kappa shape index (κ2) is 6.35. The molecule has 3 nitrogen and oxygen atoms in total. The monoisotopic (exact) mass is 187 g/mol. The second-order valence-corrected chi connectivity index (χ2v) is 3.77. The van der Waals surface area contributed by atoms with Crippen LogP contribution in [0.2, 0.25) is 0 Å². The van der Waals surface area contributed by atoms with Gasteiger partial charge in [0.2, 0.25) is 0 Å². The van der Waals surface area contributed by atoms with E-state index >= 15 is 0 Å². The van der Waals surface area contributed by atoms with Gasteiger partial charge in [0.05, 0.1) is 12.7 Å². The summed E-state index contributed by atoms with van der Waals surface area (Å²) in [7, 11) is 0. The van der Waals surface area contributed by atoms with Gasteiger partial charge in [0.1, 0.15) is 0 Å². The molecule has 78 valence electrons. The third-order valence-corrected chi connectivity index (χ3v) is 2.55. The van der Waals surface area contributed by atoms with E-state index in [1.165, 1.54) is 19.3 Å². The van der Waals surface area contributed by atoms with Crippen molar-refractivity contribution in [2.75, 3.05) is 26.3 Å². The molecule has 0 aromatic rings. The molecule has 0 spiro atoms. The SMILES string of the molecule is CCOCC(O)CNCC1CCC1. The molecule has 0 amide bonds. The van der Waals surface area contributed by atoms with E-state index < -0.39 is 0 Å². The molecule has 1 fully saturated rings. The molecular formula is C10H21NO2. The van der Waals surface area contributed by atoms with E-state index in [-0.39, 0.29) is 6.10 Å². The minimum absolute atomic E-state index is 0.347. The number of hydrogen-bond acceptors (Lipinski definition) is 3. The Hall–Kier alpha value is -0.120. The van der Waals surface area contributed by atoms with Crippen molar-refractivity contribution in [2.24, 2.45) is 5.92 Å². The summed E-state index contributed by atoms with van der Waals surface area (Å²) in [6.07, 6.45) is 3.75. The van der Waals surface area contributed by atoms with Crippen LogP contribution in [0.5, 0.6) is 0 Å². The summed E-state index contributed by atoms with van der Waals surface area (Å²) in [5.74, 6) is 0.860. The Bertz CT molecular complexity index is 126. The molecule has 0 saturated heterocycles. The van der Waals surface area contributed by atoms with Crippen molar-refractivity contribution in [3.05, 3.63) is 0 Å². The summed E-state index contributed by atoms with van der Waals surface area (Å²) in [4.78, 5) is 0. The van der Waals surface area contributed by atoms with Gasteiger partial charge >= 0.3 is 0 Å². The maximum atomic E-state index is 9.40. The van der Waals surface area contributed by atoms with Crippen LogP contribution >= 0.6 is 0 Å². The van der Waals surface area contributed by atoms with E-state index in [1.54, 1.807) is 0 Å². The molecular weight excluding hydrogens is 166 g/mol. The Kier molecular flexibility index (Phi) is 5.35. The van der Waals surface area contributed by atoms with E-state index in [0.717, 1.165) is 12.5 Å². The van der Waals surface area contributed by atoms with E-state index in [9.17, 15) is 5.11 Å². The lowest BCUT2D eigenvalue weighted by Gasteiger charge is -2.26. The first kappa shape index (κ1) is 11.0. The lowest BCUT2D eigenvalue weighted by molar-refractivity contribution is 0.0419. The fraction of sp³-hybridized carbons (Fsp3) is 1.00. The lowest BCUT2D eigenvalue weighted by atomic mass is 9.85. The summed E-state index contributed by atoms with van der Waals surface area (Å²) in [6, 6.07) is 0. The maximum Gasteiger partial charge on any atom is 0.0897 e. The maximum absolute atomic E-state index is 9.40. The Balaban J connectivity index is 1.85. The molecule has 0 aromatic heterocycles. The van der Waals surface area contributed by atoms with Gasteiger partial charge in [0.15, 0.2) is 0 Å². The van der Waals surface area contributed by atoms with Crippen molar-refractivity contribution >= 4 is 0 Å². The van der Waals surface area contributed by atoms with Gasteiger partial charge in [0, 0.05) is 13.2 Å². The summed E-state index contributed by atoms with van der Waals surface area (Å²) in [5.41, 5.74) is 0. The van der Waals surface area contributed by atoms with E-state index in [2.05, 4.69) is 5.32 Å². The molecule has 2 N–H and O–H groups in total. The van der Waals surface area contributed by atoms with Crippen molar-refractivity contribution < 1.29 is 9.84 Å². The van der Waals surface area contributed by atoms with E-state index in [0.29, 0.717) is 19.8 Å². The van der Waals surface area contributed by atoms with Crippen molar-refractivity contribution in [2.45, 2.75) is 32.3 Å². The lowest BCUT2D eigenvalue weighted by Crippen LogP contribution is -2.35. The van der Waals surface area contributed by atoms with Crippen LogP contribution in [0.25, 0.3) is 0 Å². The van der Waals surface area contributed by atoms with Gasteiger partial charge < -0.3 is 15.2 Å². The van der Waals surface area contributed by atoms with Crippen molar-refractivity contribution in [3.8, 4) is 0 Å². The average Bonchev–Trinajstić information content (AvgIpc) is 2.06. The smallest absolute Gasteiger partial charge is 0.0897 e. The topological polar surface area (TPSA) is 41.5 Å². The van der Waals surface area contributed by atoms with Gasteiger partial charge in [-0.05, 0) is 32.2 Å². The molecule has 1 aliphatic carbocycles. The van der Waals surface area contributed by atoms with Gasteiger partial charge in [-0.1, -0.05) is 6.42 Å². The molecule has 3 heteroatoms. The van der Waals surface area contributed by atoms with Crippen molar-refractivity contribution in [1.29, 1.82) is 0 Å². The summed E-state index contributed by atoms with van der Waals surface area (Å²) in [6.45, 7) is 4.79. The molecule has 0 radical (unpaired) electrons. The molecule has 0 aliphatic heterocycles. The highest BCUT2D eigenvalue weighted by Crippen LogP contribution is 2.24. The Labute approximate surface area is 80.5 Å². The normalized spacial score (nSPS) is 19.8. The van der Waals surface area contributed by atoms with Crippen LogP contribution in [0, 0.1) is 5.92 Å². The molecule has 1 saturated carbocycles. The summed E-state index contributed by atoms with van der Waals surface area (Å²) < 4.78 is 5.10. The molecule has 0 heterocycles. The predicted octanol–water partition coefficient (Wildman–Crippen LogP) is 0.773. The van der Waals surface area contributed by atoms with Crippen LogP contribution in [0.15, 0.2) is 0 Å². The number of ether oxygens (including phenoxy) is 1. The molecule has 0 aromatic carbocycles. The molecule has 1 atom stereocenters. The molecule has 1 unspecified atom stereocenters. The molecule has 0 bridgehead atoms. The Morgan fingerprint density at radius 1 is 1.54 bits per heavy atom. The van der Waals surface area contributed by atoms with Gasteiger partial charge in [-0.3, -0.25) is 0 Å². The third kappa shape index (κ3) is 4.60. The quantitative estimate of drug-likeness (QED) is 0.618. The van der Waals surface area contributed by atoms with Crippen LogP contribution in [-0.4, -0.2) is 37.5 Å². The van der Waals surface area contributed by atoms with Gasteiger partial charge in [-0.25, -0.2) is 0 Å². The van der Waals surface area contributed by atoms with Crippen LogP contribution in [0.1, 0.15) is 26.2 Å². The highest BCUT2D eigenvalue weighted by Gasteiger charge is 2.16. The zero-order valence-corrected chi connectivity index (χ0v) is 8.46. The van der Waals surface area contributed by atoms with Crippen LogP contribution in [0.3, 0.4) is 0 Å². The number of nitrogens with one attached hydrogen (secondary N) is 1. The standard InChI is InChI=1S/C10H21NO2/c1-2-13-8-10(12)7-11-6-9-4-3-5-9/h9-12H,2-8H2,1H3. The number of aliphatic hydroxyl groups is 1. The van der Waals surface area contributed by atoms with Gasteiger partial charge in [-0.15, -0.1) is 0 Å². The molecule has 1 rings (SSSR count). The fourth-order valence-corrected chi connectivity index (χ4v) is 1.46. The number of aliphatic hydroxyl groups excluding tert-OH is 1. The Morgan fingerprint density at radius 3 is 2.85 bits per heavy atom. The first-order chi connectivity index (χ1) is 6.33. The van der Waals surface area contributed by atoms with E-state index in [1.807, 2.05) is 6.92 Å². The highest BCUT2D eigenvalue weighted by molar-refractivity contribution is 4.72. The minimum atomic E-state index is -0.347. The third-order valence-electron chi connectivity index (χ3n) is 2.55. The van der Waals surface area contributed by atoms with Crippen LogP contribution < -0.4 is 5.32 Å². The minimum Gasteiger partial charge on any atom is -0.389 e. The Morgan fingerprint density at radius 2 is 2.31 bits per heavy atom. The van der Waals surface area contributed by atoms with Crippen LogP contribution in [0.4, 0.5) is 0 Å². The number of rotatable bonds is 7. The van der Waals surface area contributed by atoms with Crippen molar-refractivity contribution in [1.82, 2.24) is 5.32 Å². The zero-order chi connectivity index (χ0) is 9.52. The van der Waals surface area contributed by atoms with Crippen molar-refractivity contribution in [3.63, 3.8) is 0 Å². The van der Waals surface area contributed by atoms with Gasteiger partial charge in [0.25, 0.3) is 0 Å². The van der Waals surface area contributed by atoms with E-state index in [4.69, 9.17) is 4.74 Å². The zero-order valence-electron chi connectivity index (χ0n) is 8.46. The molecule has 13 heavy (non-hydrogen) atoms. The first-order valence-corrected chi connectivity index (χ1v) is 5.29. The molecule has 1 aliphatic rings. The van der Waals surface area contributed by atoms with Gasteiger partial charge in [-0.2, -0.15) is 0 Å². The first-order valence-electron chi connectivity index (χ1n) is 5.29. The predicted molar refractivity (Wildman–Crippen MR) is 52.7 cm³/mol. The summed E-state index contributed by atoms with van der Waals surface area (Å²) in [5, 5.41) is 12.7. The summed E-state index contributed by atoms with van der Waals surface area (Å²) >= 11 is 0. The second-order valence-electron chi connectivity index (χ2n) is 3.77. The average molecular weight is 187 g/mol. The highest BCUT2D eigenvalue weighted by atomic mass is 16.5. The van der Waals surface area contributed by atoms with Crippen LogP contribution in [-0.2, 0) is 4.74 Å².